The Hall–Kier alpha value is -2.95. The smallest absolute Gasteiger partial charge is 0.321 e. The minimum atomic E-state index is -4.09. The summed E-state index contributed by atoms with van der Waals surface area (Å²) in [6, 6.07) is 11.7. The van der Waals surface area contributed by atoms with Gasteiger partial charge in [-0.1, -0.05) is 35.9 Å². The number of rotatable bonds is 11. The number of carbonyl (C=O) groups excluding carboxylic acids is 1. The average molecular weight is 495 g/mol. The Kier molecular flexibility index (Phi) is 7.72. The number of nitrogens with one attached hydrogen (secondary N) is 2. The van der Waals surface area contributed by atoms with E-state index < -0.39 is 45.7 Å². The molecule has 176 valence electrons. The summed E-state index contributed by atoms with van der Waals surface area (Å²) in [5.74, 6) is -3.98. The Labute approximate surface area is 195 Å². The van der Waals surface area contributed by atoms with Crippen molar-refractivity contribution in [2.75, 3.05) is 6.54 Å². The maximum atomic E-state index is 12.7. The van der Waals surface area contributed by atoms with Gasteiger partial charge in [-0.25, -0.2) is 8.42 Å². The van der Waals surface area contributed by atoms with Crippen molar-refractivity contribution in [1.82, 2.24) is 10.0 Å². The van der Waals surface area contributed by atoms with Gasteiger partial charge >= 0.3 is 11.9 Å². The van der Waals surface area contributed by atoms with Crippen LogP contribution in [0.25, 0.3) is 11.1 Å². The zero-order chi connectivity index (χ0) is 24.2. The fourth-order valence-electron chi connectivity index (χ4n) is 3.36. The van der Waals surface area contributed by atoms with Crippen LogP contribution in [0.4, 0.5) is 0 Å². The number of carbonyl (C=O) groups is 3. The summed E-state index contributed by atoms with van der Waals surface area (Å²) in [6.45, 7) is 0.114. The van der Waals surface area contributed by atoms with E-state index in [-0.39, 0.29) is 30.7 Å². The molecular weight excluding hydrogens is 472 g/mol. The number of aliphatic carboxylic acids is 2. The topological polar surface area (TPSA) is 150 Å². The summed E-state index contributed by atoms with van der Waals surface area (Å²) < 4.78 is 27.5. The lowest BCUT2D eigenvalue weighted by molar-refractivity contribution is -0.140. The first-order valence-corrected chi connectivity index (χ1v) is 12.1. The van der Waals surface area contributed by atoms with Crippen molar-refractivity contribution in [1.29, 1.82) is 0 Å². The molecule has 1 aliphatic rings. The highest BCUT2D eigenvalue weighted by atomic mass is 35.5. The molecule has 9 nitrogen and oxygen atoms in total. The first-order valence-electron chi connectivity index (χ1n) is 10.2. The number of sulfonamides is 1. The van der Waals surface area contributed by atoms with E-state index in [9.17, 15) is 27.9 Å². The van der Waals surface area contributed by atoms with Crippen LogP contribution in [-0.2, 0) is 24.4 Å². The van der Waals surface area contributed by atoms with Crippen molar-refractivity contribution >= 4 is 39.5 Å². The molecule has 0 saturated heterocycles. The van der Waals surface area contributed by atoms with Gasteiger partial charge in [0.1, 0.15) is 6.04 Å². The summed E-state index contributed by atoms with van der Waals surface area (Å²) in [6.07, 6.45) is 0.436. The van der Waals surface area contributed by atoms with Crippen LogP contribution in [0.1, 0.15) is 19.3 Å². The number of halogens is 1. The molecule has 4 N–H and O–H groups in total. The highest BCUT2D eigenvalue weighted by molar-refractivity contribution is 7.89. The molecule has 1 saturated carbocycles. The largest absolute Gasteiger partial charge is 0.481 e. The molecule has 1 fully saturated rings. The second-order valence-electron chi connectivity index (χ2n) is 7.76. The lowest BCUT2D eigenvalue weighted by Gasteiger charge is -2.15. The zero-order valence-corrected chi connectivity index (χ0v) is 19.0. The molecule has 0 radical (unpaired) electrons. The summed E-state index contributed by atoms with van der Waals surface area (Å²) in [5.41, 5.74) is 1.62. The number of carboxylic acid groups (broad SMARTS) is 2. The minimum Gasteiger partial charge on any atom is -0.481 e. The van der Waals surface area contributed by atoms with E-state index in [0.29, 0.717) is 5.02 Å². The molecule has 0 bridgehead atoms. The molecule has 1 amide bonds. The number of benzene rings is 2. The molecule has 3 rings (SSSR count). The van der Waals surface area contributed by atoms with E-state index >= 15 is 0 Å². The van der Waals surface area contributed by atoms with E-state index in [1.807, 2.05) is 0 Å². The highest BCUT2D eigenvalue weighted by Crippen LogP contribution is 2.38. The predicted molar refractivity (Wildman–Crippen MR) is 120 cm³/mol. The molecule has 3 atom stereocenters. The van der Waals surface area contributed by atoms with Crippen LogP contribution in [0.5, 0.6) is 0 Å². The lowest BCUT2D eigenvalue weighted by Crippen LogP contribution is -2.41. The van der Waals surface area contributed by atoms with Gasteiger partial charge in [-0.15, -0.1) is 0 Å². The van der Waals surface area contributed by atoms with Crippen molar-refractivity contribution in [3.63, 3.8) is 0 Å². The monoisotopic (exact) mass is 494 g/mol. The van der Waals surface area contributed by atoms with Gasteiger partial charge in [-0.05, 0) is 54.7 Å². The van der Waals surface area contributed by atoms with Crippen LogP contribution in [0.3, 0.4) is 0 Å². The Morgan fingerprint density at radius 2 is 1.55 bits per heavy atom. The first kappa shape index (κ1) is 24.7. The SMILES string of the molecule is O=C(O)C1CC1C(=O)NCCC[C@H](NS(=O)(=O)c1ccc(-c2ccc(Cl)cc2)cc1)C(=O)O. The molecule has 2 aromatic rings. The standard InChI is InChI=1S/C22H23ClN2O7S/c23-15-7-3-13(4-8-15)14-5-9-16(10-6-14)33(31,32)25-19(22(29)30)2-1-11-24-20(26)17-12-18(17)21(27)28/h3-10,17-19,25H,1-2,11-12H2,(H,24,26)(H,27,28)(H,29,30)/t17?,18?,19-/m0/s1. The normalized spacial score (nSPS) is 18.3. The number of hydrogen-bond donors (Lipinski definition) is 4. The molecule has 0 aliphatic heterocycles. The Morgan fingerprint density at radius 1 is 0.970 bits per heavy atom. The van der Waals surface area contributed by atoms with Gasteiger partial charge in [0.2, 0.25) is 15.9 Å². The van der Waals surface area contributed by atoms with E-state index in [4.69, 9.17) is 16.7 Å². The molecule has 33 heavy (non-hydrogen) atoms. The van der Waals surface area contributed by atoms with Crippen molar-refractivity contribution in [2.24, 2.45) is 11.8 Å². The van der Waals surface area contributed by atoms with Crippen molar-refractivity contribution in [3.8, 4) is 11.1 Å². The van der Waals surface area contributed by atoms with Crippen molar-refractivity contribution in [2.45, 2.75) is 30.2 Å². The molecular formula is C22H23ClN2O7S. The second-order valence-corrected chi connectivity index (χ2v) is 9.91. The van der Waals surface area contributed by atoms with Crippen LogP contribution < -0.4 is 10.0 Å². The van der Waals surface area contributed by atoms with E-state index in [1.165, 1.54) is 12.1 Å². The van der Waals surface area contributed by atoms with E-state index in [0.717, 1.165) is 11.1 Å². The van der Waals surface area contributed by atoms with Crippen LogP contribution in [0, 0.1) is 11.8 Å². The van der Waals surface area contributed by atoms with Crippen molar-refractivity contribution < 1.29 is 33.0 Å². The molecule has 0 aromatic heterocycles. The molecule has 0 spiro atoms. The third-order valence-corrected chi connectivity index (χ3v) is 7.09. The molecule has 1 aliphatic carbocycles. The summed E-state index contributed by atoms with van der Waals surface area (Å²) in [4.78, 5) is 34.1. The Bertz CT molecular complexity index is 1130. The fourth-order valence-corrected chi connectivity index (χ4v) is 4.71. The van der Waals surface area contributed by atoms with Crippen LogP contribution >= 0.6 is 11.6 Å². The molecule has 0 heterocycles. The van der Waals surface area contributed by atoms with Crippen LogP contribution in [-0.4, -0.2) is 49.1 Å². The van der Waals surface area contributed by atoms with Gasteiger partial charge in [-0.3, -0.25) is 14.4 Å². The highest BCUT2D eigenvalue weighted by Gasteiger charge is 2.48. The molecule has 11 heteroatoms. The van der Waals surface area contributed by atoms with Crippen LogP contribution in [0.15, 0.2) is 53.4 Å². The number of hydrogen-bond acceptors (Lipinski definition) is 5. The van der Waals surface area contributed by atoms with Gasteiger partial charge in [0.25, 0.3) is 0 Å². The molecule has 2 unspecified atom stereocenters. The van der Waals surface area contributed by atoms with Gasteiger partial charge in [0, 0.05) is 11.6 Å². The summed E-state index contributed by atoms with van der Waals surface area (Å²) in [7, 11) is -4.09. The quantitative estimate of drug-likeness (QED) is 0.350. The van der Waals surface area contributed by atoms with E-state index in [2.05, 4.69) is 10.0 Å². The number of carboxylic acids is 2. The maximum Gasteiger partial charge on any atom is 0.321 e. The fraction of sp³-hybridized carbons (Fsp3) is 0.318. The van der Waals surface area contributed by atoms with E-state index in [1.54, 1.807) is 36.4 Å². The number of amides is 1. The summed E-state index contributed by atoms with van der Waals surface area (Å²) in [5, 5.41) is 21.4. The maximum absolute atomic E-state index is 12.7. The Morgan fingerprint density at radius 3 is 2.06 bits per heavy atom. The average Bonchev–Trinajstić information content (AvgIpc) is 3.58. The minimum absolute atomic E-state index is 0.0509. The Balaban J connectivity index is 1.54. The van der Waals surface area contributed by atoms with Gasteiger partial charge in [-0.2, -0.15) is 4.72 Å². The first-order chi connectivity index (χ1) is 15.6. The van der Waals surface area contributed by atoms with Crippen LogP contribution in [0.2, 0.25) is 5.02 Å². The zero-order valence-electron chi connectivity index (χ0n) is 17.4. The third-order valence-electron chi connectivity index (χ3n) is 5.35. The third kappa shape index (κ3) is 6.53. The predicted octanol–water partition coefficient (Wildman–Crippen LogP) is 2.36. The van der Waals surface area contributed by atoms with Gasteiger partial charge in [0.05, 0.1) is 16.7 Å². The lowest BCUT2D eigenvalue weighted by atomic mass is 10.1. The second kappa shape index (κ2) is 10.3. The van der Waals surface area contributed by atoms with Gasteiger partial charge in [0.15, 0.2) is 0 Å². The molecule has 2 aromatic carbocycles. The summed E-state index contributed by atoms with van der Waals surface area (Å²) >= 11 is 5.88. The van der Waals surface area contributed by atoms with Crippen molar-refractivity contribution in [3.05, 3.63) is 53.6 Å². The van der Waals surface area contributed by atoms with Gasteiger partial charge < -0.3 is 15.5 Å².